The second-order valence-electron chi connectivity index (χ2n) is 3.22. The number of halogens is 2. The van der Waals surface area contributed by atoms with Crippen molar-refractivity contribution in [2.45, 2.75) is 30.6 Å². The highest BCUT2D eigenvalue weighted by Crippen LogP contribution is 2.30. The number of carboxylic acids is 1. The lowest BCUT2D eigenvalue weighted by Crippen LogP contribution is -2.32. The predicted octanol–water partition coefficient (Wildman–Crippen LogP) is 1.62. The summed E-state index contributed by atoms with van der Waals surface area (Å²) in [5, 5.41) is 8.17. The van der Waals surface area contributed by atoms with E-state index in [4.69, 9.17) is 9.84 Å². The number of ether oxygens (including phenoxy) is 1. The van der Waals surface area contributed by atoms with E-state index in [2.05, 4.69) is 0 Å². The Labute approximate surface area is 84.8 Å². The average Bonchev–Trinajstić information content (AvgIpc) is 2.47. The summed E-state index contributed by atoms with van der Waals surface area (Å²) in [5.41, 5.74) is 0. The van der Waals surface area contributed by atoms with Gasteiger partial charge in [0.15, 0.2) is 0 Å². The van der Waals surface area contributed by atoms with Crippen molar-refractivity contribution in [3.8, 4) is 0 Å². The van der Waals surface area contributed by atoms with Gasteiger partial charge in [-0.25, -0.2) is 4.79 Å². The van der Waals surface area contributed by atoms with Gasteiger partial charge in [-0.2, -0.15) is 8.78 Å². The normalized spacial score (nSPS) is 27.9. The van der Waals surface area contributed by atoms with Gasteiger partial charge in [0, 0.05) is 11.9 Å². The van der Waals surface area contributed by atoms with E-state index < -0.39 is 17.6 Å². The van der Waals surface area contributed by atoms with Crippen LogP contribution in [-0.4, -0.2) is 40.7 Å². The van der Waals surface area contributed by atoms with Crippen molar-refractivity contribution in [2.24, 2.45) is 0 Å². The average molecular weight is 226 g/mol. The van der Waals surface area contributed by atoms with Crippen molar-refractivity contribution >= 4 is 17.7 Å². The maximum absolute atomic E-state index is 12.7. The van der Waals surface area contributed by atoms with Crippen LogP contribution in [0.1, 0.15) is 13.3 Å². The lowest BCUT2D eigenvalue weighted by atomic mass is 10.3. The van der Waals surface area contributed by atoms with Crippen molar-refractivity contribution in [3.05, 3.63) is 0 Å². The number of thioether (sulfide) groups is 1. The highest BCUT2D eigenvalue weighted by molar-refractivity contribution is 8.00. The molecule has 0 radical (unpaired) electrons. The monoisotopic (exact) mass is 226 g/mol. The Balaban J connectivity index is 2.36. The molecule has 1 N–H and O–H groups in total. The van der Waals surface area contributed by atoms with Gasteiger partial charge in [-0.15, -0.1) is 11.8 Å². The molecule has 14 heavy (non-hydrogen) atoms. The highest BCUT2D eigenvalue weighted by atomic mass is 32.2. The van der Waals surface area contributed by atoms with Crippen LogP contribution in [0, 0.1) is 0 Å². The van der Waals surface area contributed by atoms with Gasteiger partial charge in [-0.3, -0.25) is 0 Å². The summed E-state index contributed by atoms with van der Waals surface area (Å²) >= 11 is 0.972. The van der Waals surface area contributed by atoms with Gasteiger partial charge < -0.3 is 9.84 Å². The lowest BCUT2D eigenvalue weighted by Gasteiger charge is -2.16. The second kappa shape index (κ2) is 4.44. The zero-order valence-electron chi connectivity index (χ0n) is 7.70. The summed E-state index contributed by atoms with van der Waals surface area (Å²) < 4.78 is 30.5. The van der Waals surface area contributed by atoms with Gasteiger partial charge in [0.05, 0.1) is 11.9 Å². The summed E-state index contributed by atoms with van der Waals surface area (Å²) in [6.45, 7) is 2.38. The molecule has 1 fully saturated rings. The summed E-state index contributed by atoms with van der Waals surface area (Å²) in [5.74, 6) is -6.37. The van der Waals surface area contributed by atoms with Crippen molar-refractivity contribution < 1.29 is 23.4 Å². The zero-order chi connectivity index (χ0) is 10.8. The molecule has 2 atom stereocenters. The van der Waals surface area contributed by atoms with E-state index in [0.717, 1.165) is 11.8 Å². The SMILES string of the molecule is CC1OCCC1SCC(F)(F)C(=O)O. The molecule has 1 aliphatic rings. The van der Waals surface area contributed by atoms with Crippen LogP contribution in [0.25, 0.3) is 0 Å². The molecule has 3 nitrogen and oxygen atoms in total. The minimum atomic E-state index is -3.63. The molecule has 0 aromatic rings. The molecule has 0 aliphatic carbocycles. The minimum Gasteiger partial charge on any atom is -0.477 e. The molecule has 0 spiro atoms. The number of hydrogen-bond donors (Lipinski definition) is 1. The maximum Gasteiger partial charge on any atom is 0.375 e. The Bertz CT molecular complexity index is 223. The molecular weight excluding hydrogens is 214 g/mol. The molecule has 0 aromatic heterocycles. The molecular formula is C8H12F2O3S. The van der Waals surface area contributed by atoms with E-state index in [1.807, 2.05) is 6.92 Å². The first kappa shape index (κ1) is 11.7. The summed E-state index contributed by atoms with van der Waals surface area (Å²) in [6.07, 6.45) is 0.645. The van der Waals surface area contributed by atoms with E-state index >= 15 is 0 Å². The minimum absolute atomic E-state index is 0.0137. The topological polar surface area (TPSA) is 46.5 Å². The van der Waals surface area contributed by atoms with Crippen LogP contribution in [0.15, 0.2) is 0 Å². The largest absolute Gasteiger partial charge is 0.477 e. The molecule has 0 amide bonds. The van der Waals surface area contributed by atoms with Crippen LogP contribution in [0.2, 0.25) is 0 Å². The Morgan fingerprint density at radius 2 is 2.36 bits per heavy atom. The van der Waals surface area contributed by atoms with Crippen LogP contribution in [0.5, 0.6) is 0 Å². The maximum atomic E-state index is 12.7. The predicted molar refractivity (Wildman–Crippen MR) is 48.9 cm³/mol. The molecule has 0 aromatic carbocycles. The molecule has 2 unspecified atom stereocenters. The number of carboxylic acid groups (broad SMARTS) is 1. The fourth-order valence-electron chi connectivity index (χ4n) is 1.20. The standard InChI is InChI=1S/C8H12F2O3S/c1-5-6(2-3-13-5)14-4-8(9,10)7(11)12/h5-6H,2-4H2,1H3,(H,11,12). The van der Waals surface area contributed by atoms with Gasteiger partial charge >= 0.3 is 11.9 Å². The molecule has 6 heteroatoms. The molecule has 1 rings (SSSR count). The number of rotatable bonds is 4. The van der Waals surface area contributed by atoms with Crippen LogP contribution in [-0.2, 0) is 9.53 Å². The van der Waals surface area contributed by atoms with Crippen LogP contribution >= 0.6 is 11.8 Å². The molecule has 0 saturated carbocycles. The number of alkyl halides is 2. The van der Waals surface area contributed by atoms with Crippen LogP contribution < -0.4 is 0 Å². The smallest absolute Gasteiger partial charge is 0.375 e. The molecule has 1 aliphatic heterocycles. The van der Waals surface area contributed by atoms with Crippen molar-refractivity contribution in [1.29, 1.82) is 0 Å². The third-order valence-electron chi connectivity index (χ3n) is 2.10. The fraction of sp³-hybridized carbons (Fsp3) is 0.875. The van der Waals surface area contributed by atoms with E-state index in [-0.39, 0.29) is 11.4 Å². The van der Waals surface area contributed by atoms with E-state index in [1.54, 1.807) is 0 Å². The quantitative estimate of drug-likeness (QED) is 0.791. The van der Waals surface area contributed by atoms with Gasteiger partial charge in [0.1, 0.15) is 0 Å². The van der Waals surface area contributed by atoms with Crippen molar-refractivity contribution in [1.82, 2.24) is 0 Å². The van der Waals surface area contributed by atoms with Crippen LogP contribution in [0.4, 0.5) is 8.78 Å². The van der Waals surface area contributed by atoms with Gasteiger partial charge in [-0.1, -0.05) is 0 Å². The Morgan fingerprint density at radius 1 is 1.71 bits per heavy atom. The van der Waals surface area contributed by atoms with Gasteiger partial charge in [0.25, 0.3) is 0 Å². The molecule has 0 bridgehead atoms. The van der Waals surface area contributed by atoms with E-state index in [0.29, 0.717) is 13.0 Å². The van der Waals surface area contributed by atoms with Gasteiger partial charge in [-0.05, 0) is 13.3 Å². The van der Waals surface area contributed by atoms with Gasteiger partial charge in [0.2, 0.25) is 0 Å². The Kier molecular flexibility index (Phi) is 3.71. The second-order valence-corrected chi connectivity index (χ2v) is 4.45. The van der Waals surface area contributed by atoms with Crippen LogP contribution in [0.3, 0.4) is 0 Å². The Morgan fingerprint density at radius 3 is 2.79 bits per heavy atom. The first-order valence-corrected chi connectivity index (χ1v) is 5.33. The Hall–Kier alpha value is -0.360. The van der Waals surface area contributed by atoms with Crippen molar-refractivity contribution in [2.75, 3.05) is 12.4 Å². The lowest BCUT2D eigenvalue weighted by molar-refractivity contribution is -0.161. The summed E-state index contributed by atoms with van der Waals surface area (Å²) in [7, 11) is 0. The first-order valence-electron chi connectivity index (χ1n) is 4.28. The third kappa shape index (κ3) is 2.81. The first-order chi connectivity index (χ1) is 6.43. The van der Waals surface area contributed by atoms with E-state index in [1.165, 1.54) is 0 Å². The number of hydrogen-bond acceptors (Lipinski definition) is 3. The summed E-state index contributed by atoms with van der Waals surface area (Å²) in [4.78, 5) is 10.1. The molecule has 1 heterocycles. The number of carbonyl (C=O) groups is 1. The fourth-order valence-corrected chi connectivity index (χ4v) is 2.36. The highest BCUT2D eigenvalue weighted by Gasteiger charge is 2.40. The van der Waals surface area contributed by atoms with Crippen molar-refractivity contribution in [3.63, 3.8) is 0 Å². The summed E-state index contributed by atoms with van der Waals surface area (Å²) in [6, 6.07) is 0. The molecule has 82 valence electrons. The van der Waals surface area contributed by atoms with E-state index in [9.17, 15) is 13.6 Å². The number of aliphatic carboxylic acids is 1. The zero-order valence-corrected chi connectivity index (χ0v) is 8.52. The molecule has 1 saturated heterocycles. The third-order valence-corrected chi connectivity index (χ3v) is 3.67.